The first-order chi connectivity index (χ1) is 10.0. The van der Waals surface area contributed by atoms with E-state index in [1.54, 1.807) is 24.3 Å². The summed E-state index contributed by atoms with van der Waals surface area (Å²) in [6, 6.07) is 6.92. The first-order valence-corrected chi connectivity index (χ1v) is 6.72. The molecule has 0 bridgehead atoms. The first-order valence-electron chi connectivity index (χ1n) is 5.93. The van der Waals surface area contributed by atoms with Crippen molar-refractivity contribution in [2.24, 2.45) is 0 Å². The van der Waals surface area contributed by atoms with Crippen molar-refractivity contribution in [1.82, 2.24) is 9.55 Å². The lowest BCUT2D eigenvalue weighted by Gasteiger charge is -2.10. The largest absolute Gasteiger partial charge is 0.495 e. The zero-order valence-electron chi connectivity index (χ0n) is 11.1. The van der Waals surface area contributed by atoms with Crippen LogP contribution in [0.2, 0.25) is 0 Å². The topological polar surface area (TPSA) is 93.2 Å². The van der Waals surface area contributed by atoms with Gasteiger partial charge in [0.25, 0.3) is 5.56 Å². The first kappa shape index (κ1) is 15.0. The lowest BCUT2D eigenvalue weighted by Crippen LogP contribution is -2.33. The fraction of sp³-hybridized carbons (Fsp3) is 0.154. The van der Waals surface area contributed by atoms with E-state index in [4.69, 9.17) is 4.74 Å². The number of hydrogen-bond donors (Lipinski definition) is 2. The highest BCUT2D eigenvalue weighted by atomic mass is 79.9. The highest BCUT2D eigenvalue weighted by Crippen LogP contribution is 2.22. The molecule has 0 radical (unpaired) electrons. The molecule has 1 amide bonds. The number of nitrogens with one attached hydrogen (secondary N) is 2. The molecule has 0 atom stereocenters. The maximum atomic E-state index is 12.0. The van der Waals surface area contributed by atoms with Gasteiger partial charge in [-0.05, 0) is 28.1 Å². The SMILES string of the molecule is COc1ccccc1NC(=O)Cn1cc(Br)c(=O)[nH]c1=O. The van der Waals surface area contributed by atoms with E-state index in [2.05, 4.69) is 26.2 Å². The normalized spacial score (nSPS) is 10.2. The molecule has 7 nitrogen and oxygen atoms in total. The Hall–Kier alpha value is -2.35. The number of para-hydroxylation sites is 2. The number of rotatable bonds is 4. The molecule has 1 aromatic carbocycles. The monoisotopic (exact) mass is 353 g/mol. The van der Waals surface area contributed by atoms with Crippen LogP contribution in [0.1, 0.15) is 0 Å². The van der Waals surface area contributed by atoms with Gasteiger partial charge in [-0.2, -0.15) is 0 Å². The van der Waals surface area contributed by atoms with Gasteiger partial charge in [0.05, 0.1) is 17.3 Å². The molecular weight excluding hydrogens is 342 g/mol. The zero-order chi connectivity index (χ0) is 15.4. The fourth-order valence-electron chi connectivity index (χ4n) is 1.69. The number of carbonyl (C=O) groups excluding carboxylic acids is 1. The standard InChI is InChI=1S/C13H12BrN3O4/c1-21-10-5-3-2-4-9(10)15-11(18)7-17-6-8(14)12(19)16-13(17)20/h2-6H,7H2,1H3,(H,15,18)(H,16,19,20). The molecule has 0 aliphatic rings. The fourth-order valence-corrected chi connectivity index (χ4v) is 2.04. The summed E-state index contributed by atoms with van der Waals surface area (Å²) >= 11 is 3.00. The quantitative estimate of drug-likeness (QED) is 0.855. The Kier molecular flexibility index (Phi) is 4.59. The smallest absolute Gasteiger partial charge is 0.328 e. The molecule has 0 fully saturated rings. The Morgan fingerprint density at radius 3 is 2.81 bits per heavy atom. The third-order valence-corrected chi connectivity index (χ3v) is 3.23. The number of hydrogen-bond acceptors (Lipinski definition) is 4. The molecule has 2 rings (SSSR count). The van der Waals surface area contributed by atoms with Crippen molar-refractivity contribution in [2.45, 2.75) is 6.54 Å². The summed E-state index contributed by atoms with van der Waals surface area (Å²) in [6.07, 6.45) is 1.27. The summed E-state index contributed by atoms with van der Waals surface area (Å²) in [7, 11) is 1.49. The Morgan fingerprint density at radius 2 is 2.10 bits per heavy atom. The second-order valence-corrected chi connectivity index (χ2v) is 4.97. The van der Waals surface area contributed by atoms with Crippen LogP contribution in [0.5, 0.6) is 5.75 Å². The number of carbonyl (C=O) groups is 1. The van der Waals surface area contributed by atoms with Crippen LogP contribution >= 0.6 is 15.9 Å². The molecule has 1 heterocycles. The van der Waals surface area contributed by atoms with Crippen molar-refractivity contribution in [3.8, 4) is 5.75 Å². The van der Waals surface area contributed by atoms with Gasteiger partial charge in [-0.15, -0.1) is 0 Å². The van der Waals surface area contributed by atoms with E-state index in [1.807, 2.05) is 0 Å². The number of ether oxygens (including phenoxy) is 1. The van der Waals surface area contributed by atoms with Crippen LogP contribution in [0.25, 0.3) is 0 Å². The van der Waals surface area contributed by atoms with Crippen LogP contribution in [0.15, 0.2) is 44.5 Å². The van der Waals surface area contributed by atoms with Gasteiger partial charge < -0.3 is 10.1 Å². The molecule has 2 aromatic rings. The summed E-state index contributed by atoms with van der Waals surface area (Å²) in [5.74, 6) is 0.0985. The minimum atomic E-state index is -0.654. The molecule has 0 saturated heterocycles. The highest BCUT2D eigenvalue weighted by molar-refractivity contribution is 9.10. The van der Waals surface area contributed by atoms with Gasteiger partial charge in [0.15, 0.2) is 0 Å². The third kappa shape index (κ3) is 3.60. The predicted molar refractivity (Wildman–Crippen MR) is 80.6 cm³/mol. The van der Waals surface area contributed by atoms with Crippen LogP contribution in [-0.2, 0) is 11.3 Å². The Morgan fingerprint density at radius 1 is 1.38 bits per heavy atom. The Labute approximate surface area is 127 Å². The van der Waals surface area contributed by atoms with Crippen LogP contribution in [-0.4, -0.2) is 22.6 Å². The van der Waals surface area contributed by atoms with Gasteiger partial charge in [-0.1, -0.05) is 12.1 Å². The molecule has 0 unspecified atom stereocenters. The van der Waals surface area contributed by atoms with Gasteiger partial charge in [0.2, 0.25) is 5.91 Å². The van der Waals surface area contributed by atoms with Gasteiger partial charge >= 0.3 is 5.69 Å². The maximum absolute atomic E-state index is 12.0. The molecule has 8 heteroatoms. The maximum Gasteiger partial charge on any atom is 0.328 e. The number of aromatic nitrogens is 2. The Balaban J connectivity index is 2.17. The van der Waals surface area contributed by atoms with Crippen LogP contribution in [0, 0.1) is 0 Å². The van der Waals surface area contributed by atoms with E-state index in [0.29, 0.717) is 11.4 Å². The summed E-state index contributed by atoms with van der Waals surface area (Å²) in [5, 5.41) is 2.64. The van der Waals surface area contributed by atoms with E-state index in [1.165, 1.54) is 13.3 Å². The molecule has 1 aromatic heterocycles. The average Bonchev–Trinajstić information content (AvgIpc) is 2.45. The predicted octanol–water partition coefficient (Wildman–Crippen LogP) is 0.946. The molecule has 2 N–H and O–H groups in total. The summed E-state index contributed by atoms with van der Waals surface area (Å²) in [4.78, 5) is 36.9. The second kappa shape index (κ2) is 6.40. The molecule has 21 heavy (non-hydrogen) atoms. The van der Waals surface area contributed by atoms with Crippen molar-refractivity contribution in [1.29, 1.82) is 0 Å². The number of anilines is 1. The number of H-pyrrole nitrogens is 1. The van der Waals surface area contributed by atoms with Gasteiger partial charge in [-0.25, -0.2) is 4.79 Å². The van der Waals surface area contributed by atoms with Crippen molar-refractivity contribution in [3.63, 3.8) is 0 Å². The number of halogens is 1. The molecular formula is C13H12BrN3O4. The number of benzene rings is 1. The minimum Gasteiger partial charge on any atom is -0.495 e. The van der Waals surface area contributed by atoms with E-state index in [0.717, 1.165) is 4.57 Å². The van der Waals surface area contributed by atoms with Crippen molar-refractivity contribution in [3.05, 3.63) is 55.8 Å². The van der Waals surface area contributed by atoms with Gasteiger partial charge in [-0.3, -0.25) is 19.1 Å². The van der Waals surface area contributed by atoms with Crippen LogP contribution < -0.4 is 21.3 Å². The van der Waals surface area contributed by atoms with E-state index >= 15 is 0 Å². The van der Waals surface area contributed by atoms with Crippen LogP contribution in [0.3, 0.4) is 0 Å². The van der Waals surface area contributed by atoms with Crippen molar-refractivity contribution >= 4 is 27.5 Å². The van der Waals surface area contributed by atoms with E-state index < -0.39 is 17.2 Å². The molecule has 0 aliphatic heterocycles. The highest BCUT2D eigenvalue weighted by Gasteiger charge is 2.09. The lowest BCUT2D eigenvalue weighted by atomic mass is 10.3. The van der Waals surface area contributed by atoms with Crippen LogP contribution in [0.4, 0.5) is 5.69 Å². The zero-order valence-corrected chi connectivity index (χ0v) is 12.6. The van der Waals surface area contributed by atoms with Crippen molar-refractivity contribution < 1.29 is 9.53 Å². The lowest BCUT2D eigenvalue weighted by molar-refractivity contribution is -0.116. The number of nitrogens with zero attached hydrogens (tertiary/aromatic N) is 1. The number of amides is 1. The summed E-state index contributed by atoms with van der Waals surface area (Å²) in [6.45, 7) is -0.230. The number of aromatic amines is 1. The van der Waals surface area contributed by atoms with Crippen molar-refractivity contribution in [2.75, 3.05) is 12.4 Å². The molecule has 0 aliphatic carbocycles. The van der Waals surface area contributed by atoms with Gasteiger partial charge in [0.1, 0.15) is 12.3 Å². The third-order valence-electron chi connectivity index (χ3n) is 2.66. The molecule has 110 valence electrons. The molecule has 0 spiro atoms. The average molecular weight is 354 g/mol. The minimum absolute atomic E-state index is 0.173. The van der Waals surface area contributed by atoms with Gasteiger partial charge in [0, 0.05) is 6.20 Å². The van der Waals surface area contributed by atoms with E-state index in [-0.39, 0.29) is 11.0 Å². The number of methoxy groups -OCH3 is 1. The van der Waals surface area contributed by atoms with E-state index in [9.17, 15) is 14.4 Å². The summed E-state index contributed by atoms with van der Waals surface area (Å²) in [5.41, 5.74) is -0.693. The summed E-state index contributed by atoms with van der Waals surface area (Å²) < 4.78 is 6.38. The Bertz CT molecular complexity index is 781. The second-order valence-electron chi connectivity index (χ2n) is 4.11. The molecule has 0 saturated carbocycles.